The van der Waals surface area contributed by atoms with Crippen molar-refractivity contribution in [3.8, 4) is 0 Å². The molecule has 2 saturated heterocycles. The first kappa shape index (κ1) is 12.3. The lowest BCUT2D eigenvalue weighted by Gasteiger charge is -2.18. The number of nitrogens with zero attached hydrogens (tertiary/aromatic N) is 1. The van der Waals surface area contributed by atoms with Gasteiger partial charge in [0, 0.05) is 19.7 Å². The van der Waals surface area contributed by atoms with Crippen LogP contribution in [0.3, 0.4) is 0 Å². The Morgan fingerprint density at radius 1 is 1.25 bits per heavy atom. The number of hydrogen-bond donors (Lipinski definition) is 2. The molecule has 0 aromatic rings. The van der Waals surface area contributed by atoms with Gasteiger partial charge in [0.25, 0.3) is 0 Å². The molecule has 2 aliphatic heterocycles. The van der Waals surface area contributed by atoms with Crippen LogP contribution >= 0.6 is 0 Å². The lowest BCUT2D eigenvalue weighted by atomic mass is 10.3. The highest BCUT2D eigenvalue weighted by atomic mass is 32.2. The second-order valence-electron chi connectivity index (χ2n) is 4.37. The van der Waals surface area contributed by atoms with E-state index in [9.17, 15) is 18.6 Å². The Morgan fingerprint density at radius 2 is 1.88 bits per heavy atom. The summed E-state index contributed by atoms with van der Waals surface area (Å²) in [6, 6.07) is 0. The number of ether oxygens (including phenoxy) is 1. The third-order valence-corrected chi connectivity index (χ3v) is 4.92. The summed E-state index contributed by atoms with van der Waals surface area (Å²) in [4.78, 5) is 0. The van der Waals surface area contributed by atoms with E-state index in [1.54, 1.807) is 0 Å². The molecule has 2 fully saturated rings. The smallest absolute Gasteiger partial charge is 0.216 e. The van der Waals surface area contributed by atoms with Gasteiger partial charge in [0.05, 0.1) is 24.1 Å². The molecule has 0 spiro atoms. The van der Waals surface area contributed by atoms with Gasteiger partial charge in [0.1, 0.15) is 0 Å². The molecule has 0 saturated carbocycles. The molecule has 2 aliphatic rings. The molecule has 16 heavy (non-hydrogen) atoms. The van der Waals surface area contributed by atoms with Crippen LogP contribution < -0.4 is 0 Å². The van der Waals surface area contributed by atoms with Crippen LogP contribution in [-0.2, 0) is 14.8 Å². The summed E-state index contributed by atoms with van der Waals surface area (Å²) >= 11 is 0. The van der Waals surface area contributed by atoms with Crippen LogP contribution in [0.2, 0.25) is 0 Å². The van der Waals surface area contributed by atoms with Gasteiger partial charge < -0.3 is 14.9 Å². The summed E-state index contributed by atoms with van der Waals surface area (Å²) in [5.74, 6) is -0.0492. The summed E-state index contributed by atoms with van der Waals surface area (Å²) < 4.78 is 30.2. The second-order valence-corrected chi connectivity index (χ2v) is 6.38. The molecule has 2 N–H and O–H groups in total. The zero-order valence-corrected chi connectivity index (χ0v) is 9.77. The number of aliphatic hydroxyl groups is 2. The fourth-order valence-corrected chi connectivity index (χ4v) is 3.78. The van der Waals surface area contributed by atoms with Crippen molar-refractivity contribution in [3.63, 3.8) is 0 Å². The van der Waals surface area contributed by atoms with Gasteiger partial charge in [0.2, 0.25) is 10.0 Å². The third kappa shape index (κ3) is 2.54. The van der Waals surface area contributed by atoms with Crippen molar-refractivity contribution in [2.45, 2.75) is 31.2 Å². The SMILES string of the molecule is O=S(=O)(CC1CCCO1)N1C[C@@H](O)[C@@H](O)C1. The molecule has 0 aromatic heterocycles. The maximum Gasteiger partial charge on any atom is 0.216 e. The van der Waals surface area contributed by atoms with Crippen molar-refractivity contribution >= 4 is 10.0 Å². The fourth-order valence-electron chi connectivity index (χ4n) is 2.08. The molecule has 0 amide bonds. The number of β-amino-alcohol motifs (C(OH)–C–C–N with tert-alkyl or cyclic N) is 2. The van der Waals surface area contributed by atoms with Crippen molar-refractivity contribution in [3.05, 3.63) is 0 Å². The molecule has 2 heterocycles. The number of rotatable bonds is 3. The highest BCUT2D eigenvalue weighted by molar-refractivity contribution is 7.89. The van der Waals surface area contributed by atoms with Crippen molar-refractivity contribution in [2.75, 3.05) is 25.4 Å². The molecule has 3 atom stereocenters. The molecule has 94 valence electrons. The van der Waals surface area contributed by atoms with E-state index in [0.717, 1.165) is 17.1 Å². The van der Waals surface area contributed by atoms with E-state index < -0.39 is 22.2 Å². The molecule has 0 aromatic carbocycles. The van der Waals surface area contributed by atoms with Gasteiger partial charge in [-0.2, -0.15) is 4.31 Å². The van der Waals surface area contributed by atoms with Gasteiger partial charge in [-0.1, -0.05) is 0 Å². The number of hydrogen-bond acceptors (Lipinski definition) is 5. The van der Waals surface area contributed by atoms with Crippen LogP contribution in [0, 0.1) is 0 Å². The summed E-state index contributed by atoms with van der Waals surface area (Å²) in [6.45, 7) is 0.581. The summed E-state index contributed by atoms with van der Waals surface area (Å²) in [6.07, 6.45) is -0.526. The lowest BCUT2D eigenvalue weighted by Crippen LogP contribution is -2.35. The lowest BCUT2D eigenvalue weighted by molar-refractivity contribution is 0.0572. The van der Waals surface area contributed by atoms with Gasteiger partial charge in [-0.3, -0.25) is 0 Å². The van der Waals surface area contributed by atoms with Crippen LogP contribution in [0.4, 0.5) is 0 Å². The normalized spacial score (nSPS) is 37.0. The summed E-state index contributed by atoms with van der Waals surface area (Å²) in [5, 5.41) is 18.6. The highest BCUT2D eigenvalue weighted by Gasteiger charge is 2.38. The standard InChI is InChI=1S/C9H17NO5S/c11-8-4-10(5-9(8)12)16(13,14)6-7-2-1-3-15-7/h7-9,11-12H,1-6H2/t7?,8-,9+. The molecule has 6 nitrogen and oxygen atoms in total. The number of sulfonamides is 1. The maximum atomic E-state index is 11.9. The van der Waals surface area contributed by atoms with Gasteiger partial charge in [0.15, 0.2) is 0 Å². The van der Waals surface area contributed by atoms with E-state index >= 15 is 0 Å². The van der Waals surface area contributed by atoms with Crippen LogP contribution in [0.15, 0.2) is 0 Å². The first-order valence-electron chi connectivity index (χ1n) is 5.44. The van der Waals surface area contributed by atoms with Crippen LogP contribution in [0.5, 0.6) is 0 Å². The summed E-state index contributed by atoms with van der Waals surface area (Å²) in [5.41, 5.74) is 0. The Bertz CT molecular complexity index is 328. The van der Waals surface area contributed by atoms with Gasteiger partial charge >= 0.3 is 0 Å². The molecule has 0 radical (unpaired) electrons. The van der Waals surface area contributed by atoms with E-state index in [2.05, 4.69) is 0 Å². The average molecular weight is 251 g/mol. The van der Waals surface area contributed by atoms with E-state index in [4.69, 9.17) is 4.74 Å². The van der Waals surface area contributed by atoms with E-state index in [1.165, 1.54) is 0 Å². The van der Waals surface area contributed by atoms with Crippen LogP contribution in [0.1, 0.15) is 12.8 Å². The van der Waals surface area contributed by atoms with Crippen molar-refractivity contribution in [1.29, 1.82) is 0 Å². The quantitative estimate of drug-likeness (QED) is 0.639. The zero-order chi connectivity index (χ0) is 11.8. The van der Waals surface area contributed by atoms with E-state index in [1.807, 2.05) is 0 Å². The van der Waals surface area contributed by atoms with Gasteiger partial charge in [-0.25, -0.2) is 8.42 Å². The molecular weight excluding hydrogens is 234 g/mol. The predicted molar refractivity (Wildman–Crippen MR) is 56.3 cm³/mol. The van der Waals surface area contributed by atoms with Gasteiger partial charge in [-0.05, 0) is 12.8 Å². The van der Waals surface area contributed by atoms with E-state index in [-0.39, 0.29) is 24.9 Å². The monoisotopic (exact) mass is 251 g/mol. The Hall–Kier alpha value is -0.210. The topological polar surface area (TPSA) is 87.1 Å². The van der Waals surface area contributed by atoms with Crippen LogP contribution in [-0.4, -0.2) is 66.7 Å². The van der Waals surface area contributed by atoms with Crippen LogP contribution in [0.25, 0.3) is 0 Å². The summed E-state index contributed by atoms with van der Waals surface area (Å²) in [7, 11) is -3.42. The maximum absolute atomic E-state index is 11.9. The molecular formula is C9H17NO5S. The average Bonchev–Trinajstić information content (AvgIpc) is 2.78. The van der Waals surface area contributed by atoms with Crippen molar-refractivity contribution < 1.29 is 23.4 Å². The first-order valence-corrected chi connectivity index (χ1v) is 7.05. The van der Waals surface area contributed by atoms with E-state index in [0.29, 0.717) is 6.61 Å². The Labute approximate surface area is 94.9 Å². The minimum atomic E-state index is -3.42. The largest absolute Gasteiger partial charge is 0.389 e. The molecule has 2 rings (SSSR count). The zero-order valence-electron chi connectivity index (χ0n) is 8.95. The minimum Gasteiger partial charge on any atom is -0.389 e. The predicted octanol–water partition coefficient (Wildman–Crippen LogP) is -1.47. The molecule has 7 heteroatoms. The second kappa shape index (κ2) is 4.58. The Kier molecular flexibility index (Phi) is 3.50. The first-order chi connectivity index (χ1) is 7.49. The molecule has 0 aliphatic carbocycles. The third-order valence-electron chi connectivity index (χ3n) is 3.04. The Morgan fingerprint density at radius 3 is 2.38 bits per heavy atom. The van der Waals surface area contributed by atoms with Crippen molar-refractivity contribution in [2.24, 2.45) is 0 Å². The molecule has 0 bridgehead atoms. The number of aliphatic hydroxyl groups excluding tert-OH is 2. The molecule has 1 unspecified atom stereocenters. The minimum absolute atomic E-state index is 0.0176. The van der Waals surface area contributed by atoms with Gasteiger partial charge in [-0.15, -0.1) is 0 Å². The highest BCUT2D eigenvalue weighted by Crippen LogP contribution is 2.19. The van der Waals surface area contributed by atoms with Crippen molar-refractivity contribution in [1.82, 2.24) is 4.31 Å². The Balaban J connectivity index is 1.96. The fraction of sp³-hybridized carbons (Fsp3) is 1.00.